The fraction of sp³-hybridized carbons (Fsp3) is 0.214. The smallest absolute Gasteiger partial charge is 0.245 e. The van der Waals surface area contributed by atoms with Crippen molar-refractivity contribution in [3.8, 4) is 0 Å². The molecule has 1 atom stereocenters. The van der Waals surface area contributed by atoms with E-state index in [-0.39, 0.29) is 18.4 Å². The molecule has 5 heteroatoms. The molecule has 4 nitrogen and oxygen atoms in total. The predicted octanol–water partition coefficient (Wildman–Crippen LogP) is 2.18. The lowest BCUT2D eigenvalue weighted by atomic mass is 9.90. The normalized spacial score (nSPS) is 22.5. The predicted molar refractivity (Wildman–Crippen MR) is 77.0 cm³/mol. The summed E-state index contributed by atoms with van der Waals surface area (Å²) in [5, 5.41) is 2.92. The second-order valence-corrected chi connectivity index (χ2v) is 5.48. The van der Waals surface area contributed by atoms with Crippen molar-refractivity contribution >= 4 is 27.5 Å². The molecule has 1 aromatic heterocycles. The maximum atomic E-state index is 11.7. The number of nitrogens with zero attached hydrogens (tertiary/aromatic N) is 2. The molecule has 0 fully saturated rings. The molecule has 0 saturated carbocycles. The molecular weight excluding hydrogens is 306 g/mol. The van der Waals surface area contributed by atoms with E-state index in [4.69, 9.17) is 0 Å². The Balaban J connectivity index is 2.05. The van der Waals surface area contributed by atoms with Crippen molar-refractivity contribution in [1.29, 1.82) is 0 Å². The van der Waals surface area contributed by atoms with Gasteiger partial charge in [-0.2, -0.15) is 0 Å². The van der Waals surface area contributed by atoms with Crippen LogP contribution in [-0.2, 0) is 4.79 Å². The second kappa shape index (κ2) is 5.09. The average Bonchev–Trinajstić information content (AvgIpc) is 2.58. The summed E-state index contributed by atoms with van der Waals surface area (Å²) in [7, 11) is 0. The van der Waals surface area contributed by atoms with Crippen LogP contribution in [0.2, 0.25) is 0 Å². The minimum Gasteiger partial charge on any atom is -0.327 e. The van der Waals surface area contributed by atoms with E-state index in [9.17, 15) is 4.79 Å². The number of carbonyl (C=O) groups excluding carboxylic acids is 1. The highest BCUT2D eigenvalue weighted by atomic mass is 79.9. The number of aliphatic imine (C=N–C) groups is 1. The third kappa shape index (κ3) is 2.51. The van der Waals surface area contributed by atoms with Gasteiger partial charge in [-0.1, -0.05) is 28.1 Å². The molecule has 2 aliphatic rings. The average molecular weight is 318 g/mol. The standard InChI is InChI=1S/C14H12BrN3O/c15-9-4-5-11-10(7-9)14(17-8-13(19)18-11)12-3-1-2-6-16-12/h1-6,10H,7-8H2,(H,18,19). The summed E-state index contributed by atoms with van der Waals surface area (Å²) in [5.41, 5.74) is 2.60. The lowest BCUT2D eigenvalue weighted by Gasteiger charge is -2.22. The van der Waals surface area contributed by atoms with E-state index in [1.54, 1.807) is 6.20 Å². The molecule has 1 aromatic rings. The number of fused-ring (bicyclic) bond motifs is 1. The van der Waals surface area contributed by atoms with Crippen molar-refractivity contribution in [2.75, 3.05) is 6.54 Å². The molecule has 1 unspecified atom stereocenters. The molecule has 0 saturated heterocycles. The number of aromatic nitrogens is 1. The molecule has 1 aliphatic carbocycles. The first-order chi connectivity index (χ1) is 9.24. The number of hydrogen-bond acceptors (Lipinski definition) is 3. The number of rotatable bonds is 1. The Kier molecular flexibility index (Phi) is 3.29. The van der Waals surface area contributed by atoms with Gasteiger partial charge in [-0.25, -0.2) is 0 Å². The Hall–Kier alpha value is -1.75. The maximum absolute atomic E-state index is 11.7. The molecule has 96 valence electrons. The van der Waals surface area contributed by atoms with Crippen molar-refractivity contribution < 1.29 is 4.79 Å². The summed E-state index contributed by atoms with van der Waals surface area (Å²) >= 11 is 3.52. The van der Waals surface area contributed by atoms with Gasteiger partial charge in [0.05, 0.1) is 11.4 Å². The van der Waals surface area contributed by atoms with Gasteiger partial charge in [0.25, 0.3) is 0 Å². The highest BCUT2D eigenvalue weighted by Gasteiger charge is 2.29. The van der Waals surface area contributed by atoms with E-state index in [0.29, 0.717) is 0 Å². The topological polar surface area (TPSA) is 54.4 Å². The van der Waals surface area contributed by atoms with Crippen LogP contribution in [0.25, 0.3) is 0 Å². The second-order valence-electron chi connectivity index (χ2n) is 4.46. The third-order valence-corrected chi connectivity index (χ3v) is 3.74. The molecule has 0 bridgehead atoms. The number of hydrogen-bond donors (Lipinski definition) is 1. The Morgan fingerprint density at radius 1 is 1.32 bits per heavy atom. The van der Waals surface area contributed by atoms with Crippen molar-refractivity contribution in [1.82, 2.24) is 10.3 Å². The van der Waals surface area contributed by atoms with Gasteiger partial charge in [-0.05, 0) is 29.1 Å². The van der Waals surface area contributed by atoms with Crippen LogP contribution in [0, 0.1) is 5.92 Å². The molecule has 3 rings (SSSR count). The Labute approximate surface area is 119 Å². The van der Waals surface area contributed by atoms with Gasteiger partial charge in [0.15, 0.2) is 0 Å². The minimum atomic E-state index is -0.0754. The number of nitrogens with one attached hydrogen (secondary N) is 1. The zero-order chi connectivity index (χ0) is 13.2. The van der Waals surface area contributed by atoms with Crippen molar-refractivity contribution in [2.45, 2.75) is 6.42 Å². The zero-order valence-corrected chi connectivity index (χ0v) is 11.7. The van der Waals surface area contributed by atoms with Crippen molar-refractivity contribution in [3.63, 3.8) is 0 Å². The summed E-state index contributed by atoms with van der Waals surface area (Å²) in [6.07, 6.45) is 6.43. The number of allylic oxidation sites excluding steroid dienone is 4. The lowest BCUT2D eigenvalue weighted by Crippen LogP contribution is -2.30. The third-order valence-electron chi connectivity index (χ3n) is 3.15. The van der Waals surface area contributed by atoms with Crippen LogP contribution < -0.4 is 5.32 Å². The summed E-state index contributed by atoms with van der Waals surface area (Å²) in [6.45, 7) is 0.150. The maximum Gasteiger partial charge on any atom is 0.245 e. The van der Waals surface area contributed by atoms with E-state index >= 15 is 0 Å². The van der Waals surface area contributed by atoms with Crippen LogP contribution in [0.1, 0.15) is 12.1 Å². The van der Waals surface area contributed by atoms with Crippen LogP contribution in [0.5, 0.6) is 0 Å². The quantitative estimate of drug-likeness (QED) is 0.863. The summed E-state index contributed by atoms with van der Waals surface area (Å²) in [4.78, 5) is 20.5. The van der Waals surface area contributed by atoms with E-state index in [1.165, 1.54) is 0 Å². The number of carbonyl (C=O) groups is 1. The van der Waals surface area contributed by atoms with Crippen LogP contribution >= 0.6 is 15.9 Å². The lowest BCUT2D eigenvalue weighted by molar-refractivity contribution is -0.118. The monoisotopic (exact) mass is 317 g/mol. The van der Waals surface area contributed by atoms with Crippen LogP contribution in [0.3, 0.4) is 0 Å². The molecule has 0 radical (unpaired) electrons. The number of amides is 1. The van der Waals surface area contributed by atoms with Gasteiger partial charge < -0.3 is 5.32 Å². The first-order valence-corrected chi connectivity index (χ1v) is 6.85. The summed E-state index contributed by atoms with van der Waals surface area (Å²) < 4.78 is 1.10. The number of halogens is 1. The highest BCUT2D eigenvalue weighted by Crippen LogP contribution is 2.31. The van der Waals surface area contributed by atoms with Gasteiger partial charge in [0, 0.05) is 17.8 Å². The number of pyridine rings is 1. The molecule has 2 heterocycles. The highest BCUT2D eigenvalue weighted by molar-refractivity contribution is 9.11. The van der Waals surface area contributed by atoms with Gasteiger partial charge >= 0.3 is 0 Å². The Morgan fingerprint density at radius 2 is 2.21 bits per heavy atom. The SMILES string of the molecule is O=C1CN=C(c2ccccn2)C2CC(Br)=CC=C2N1. The molecule has 19 heavy (non-hydrogen) atoms. The van der Waals surface area contributed by atoms with Gasteiger partial charge in [0.1, 0.15) is 6.54 Å². The zero-order valence-electron chi connectivity index (χ0n) is 10.1. The van der Waals surface area contributed by atoms with E-state index < -0.39 is 0 Å². The fourth-order valence-corrected chi connectivity index (χ4v) is 2.74. The first-order valence-electron chi connectivity index (χ1n) is 6.06. The van der Waals surface area contributed by atoms with Crippen LogP contribution in [0.15, 0.2) is 51.7 Å². The van der Waals surface area contributed by atoms with Crippen LogP contribution in [-0.4, -0.2) is 23.1 Å². The molecular formula is C14H12BrN3O. The van der Waals surface area contributed by atoms with Crippen molar-refractivity contribution in [2.24, 2.45) is 10.9 Å². The van der Waals surface area contributed by atoms with E-state index in [1.807, 2.05) is 30.4 Å². The van der Waals surface area contributed by atoms with Crippen molar-refractivity contribution in [3.05, 3.63) is 52.4 Å². The van der Waals surface area contributed by atoms with E-state index in [2.05, 4.69) is 31.2 Å². The Morgan fingerprint density at radius 3 is 3.00 bits per heavy atom. The minimum absolute atomic E-state index is 0.0562. The molecule has 0 spiro atoms. The Bertz CT molecular complexity index is 604. The molecule has 1 N–H and O–H groups in total. The fourth-order valence-electron chi connectivity index (χ4n) is 2.28. The van der Waals surface area contributed by atoms with Gasteiger partial charge in [0.2, 0.25) is 5.91 Å². The largest absolute Gasteiger partial charge is 0.327 e. The molecule has 0 aromatic carbocycles. The van der Waals surface area contributed by atoms with Crippen LogP contribution in [0.4, 0.5) is 0 Å². The summed E-state index contributed by atoms with van der Waals surface area (Å²) in [6, 6.07) is 5.73. The van der Waals surface area contributed by atoms with Gasteiger partial charge in [-0.15, -0.1) is 0 Å². The molecule has 1 amide bonds. The summed E-state index contributed by atoms with van der Waals surface area (Å²) in [5.74, 6) is -0.0191. The molecule has 1 aliphatic heterocycles. The van der Waals surface area contributed by atoms with Gasteiger partial charge in [-0.3, -0.25) is 14.8 Å². The van der Waals surface area contributed by atoms with E-state index in [0.717, 1.165) is 28.0 Å². The first kappa shape index (κ1) is 12.3.